The van der Waals surface area contributed by atoms with Crippen LogP contribution in [0.25, 0.3) is 0 Å². The number of hydrogen-bond donors (Lipinski definition) is 3. The highest BCUT2D eigenvalue weighted by Crippen LogP contribution is 2.11. The third-order valence-corrected chi connectivity index (χ3v) is 1.95. The fourth-order valence-electron chi connectivity index (χ4n) is 1.13. The van der Waals surface area contributed by atoms with E-state index in [4.69, 9.17) is 9.52 Å². The molecule has 3 N–H and O–H groups in total. The van der Waals surface area contributed by atoms with Crippen molar-refractivity contribution in [3.05, 3.63) is 24.2 Å². The number of aliphatic hydroxyl groups is 2. The van der Waals surface area contributed by atoms with Gasteiger partial charge in [0.2, 0.25) is 0 Å². The monoisotopic (exact) mass is 199 g/mol. The van der Waals surface area contributed by atoms with Crippen LogP contribution >= 0.6 is 0 Å². The molecule has 14 heavy (non-hydrogen) atoms. The second-order valence-electron chi connectivity index (χ2n) is 3.37. The van der Waals surface area contributed by atoms with E-state index in [9.17, 15) is 5.11 Å². The molecule has 1 heterocycles. The number of furan rings is 1. The standard InChI is InChI=1S/C10H17NO3/c1-8(12)4-5-11-7-9(13)10-3-2-6-14-10/h2-3,6,8-9,11-13H,4-5,7H2,1H3. The van der Waals surface area contributed by atoms with Gasteiger partial charge >= 0.3 is 0 Å². The summed E-state index contributed by atoms with van der Waals surface area (Å²) in [6.07, 6.45) is 1.31. The number of nitrogens with one attached hydrogen (secondary N) is 1. The Kier molecular flexibility index (Phi) is 4.65. The minimum Gasteiger partial charge on any atom is -0.467 e. The Bertz CT molecular complexity index is 234. The van der Waals surface area contributed by atoms with Gasteiger partial charge in [0.1, 0.15) is 11.9 Å². The van der Waals surface area contributed by atoms with Gasteiger partial charge in [-0.05, 0) is 32.0 Å². The molecule has 0 spiro atoms. The predicted octanol–water partition coefficient (Wildman–Crippen LogP) is 0.673. The minimum atomic E-state index is -0.612. The zero-order valence-corrected chi connectivity index (χ0v) is 8.31. The quantitative estimate of drug-likeness (QED) is 0.589. The molecule has 0 fully saturated rings. The molecule has 4 heteroatoms. The fourth-order valence-corrected chi connectivity index (χ4v) is 1.13. The molecule has 0 aliphatic rings. The van der Waals surface area contributed by atoms with Gasteiger partial charge in [-0.3, -0.25) is 0 Å². The van der Waals surface area contributed by atoms with Crippen LogP contribution in [0.4, 0.5) is 0 Å². The summed E-state index contributed by atoms with van der Waals surface area (Å²) in [5.74, 6) is 0.564. The van der Waals surface area contributed by atoms with E-state index < -0.39 is 6.10 Å². The highest BCUT2D eigenvalue weighted by atomic mass is 16.4. The number of aliphatic hydroxyl groups excluding tert-OH is 2. The van der Waals surface area contributed by atoms with Crippen molar-refractivity contribution in [3.8, 4) is 0 Å². The lowest BCUT2D eigenvalue weighted by atomic mass is 10.2. The molecule has 1 rings (SSSR count). The van der Waals surface area contributed by atoms with Crippen molar-refractivity contribution >= 4 is 0 Å². The third kappa shape index (κ3) is 3.91. The zero-order chi connectivity index (χ0) is 10.4. The Morgan fingerprint density at radius 1 is 1.50 bits per heavy atom. The maximum atomic E-state index is 9.56. The molecule has 0 aromatic carbocycles. The van der Waals surface area contributed by atoms with Gasteiger partial charge in [0.05, 0.1) is 12.4 Å². The lowest BCUT2D eigenvalue weighted by Crippen LogP contribution is -2.24. The van der Waals surface area contributed by atoms with E-state index in [1.807, 2.05) is 0 Å². The van der Waals surface area contributed by atoms with Gasteiger partial charge in [0.25, 0.3) is 0 Å². The predicted molar refractivity (Wildman–Crippen MR) is 52.8 cm³/mol. The number of rotatable bonds is 6. The lowest BCUT2D eigenvalue weighted by Gasteiger charge is -2.09. The molecule has 0 aliphatic heterocycles. The Morgan fingerprint density at radius 3 is 2.86 bits per heavy atom. The molecular formula is C10H17NO3. The summed E-state index contributed by atoms with van der Waals surface area (Å²) in [6.45, 7) is 2.88. The average molecular weight is 199 g/mol. The molecule has 2 atom stereocenters. The van der Waals surface area contributed by atoms with E-state index in [0.29, 0.717) is 25.3 Å². The summed E-state index contributed by atoms with van der Waals surface area (Å²) >= 11 is 0. The molecule has 2 unspecified atom stereocenters. The van der Waals surface area contributed by atoms with Gasteiger partial charge in [0, 0.05) is 6.54 Å². The topological polar surface area (TPSA) is 65.6 Å². The van der Waals surface area contributed by atoms with Crippen LogP contribution in [-0.2, 0) is 0 Å². The van der Waals surface area contributed by atoms with E-state index in [1.54, 1.807) is 19.1 Å². The van der Waals surface area contributed by atoms with Gasteiger partial charge in [0.15, 0.2) is 0 Å². The van der Waals surface area contributed by atoms with Gasteiger partial charge in [-0.2, -0.15) is 0 Å². The Labute approximate surface area is 83.6 Å². The maximum absolute atomic E-state index is 9.56. The average Bonchev–Trinajstić information content (AvgIpc) is 2.64. The van der Waals surface area contributed by atoms with Crippen molar-refractivity contribution in [1.29, 1.82) is 0 Å². The Balaban J connectivity index is 2.13. The molecule has 1 aromatic heterocycles. The summed E-state index contributed by atoms with van der Waals surface area (Å²) in [6, 6.07) is 3.48. The van der Waals surface area contributed by atoms with Crippen LogP contribution in [0.15, 0.2) is 22.8 Å². The molecule has 4 nitrogen and oxygen atoms in total. The molecule has 0 radical (unpaired) electrons. The van der Waals surface area contributed by atoms with E-state index in [-0.39, 0.29) is 6.10 Å². The molecule has 0 saturated heterocycles. The van der Waals surface area contributed by atoms with Crippen molar-refractivity contribution in [1.82, 2.24) is 5.32 Å². The molecule has 0 amide bonds. The highest BCUT2D eigenvalue weighted by Gasteiger charge is 2.08. The van der Waals surface area contributed by atoms with Crippen LogP contribution in [0.1, 0.15) is 25.2 Å². The molecule has 0 saturated carbocycles. The fraction of sp³-hybridized carbons (Fsp3) is 0.600. The van der Waals surface area contributed by atoms with Crippen LogP contribution in [0.3, 0.4) is 0 Å². The minimum absolute atomic E-state index is 0.303. The summed E-state index contributed by atoms with van der Waals surface area (Å²) in [5.41, 5.74) is 0. The van der Waals surface area contributed by atoms with E-state index in [1.165, 1.54) is 6.26 Å². The normalized spacial score (nSPS) is 15.4. The van der Waals surface area contributed by atoms with Crippen molar-refractivity contribution in [3.63, 3.8) is 0 Å². The smallest absolute Gasteiger partial charge is 0.133 e. The lowest BCUT2D eigenvalue weighted by molar-refractivity contribution is 0.142. The molecule has 80 valence electrons. The molecule has 1 aromatic rings. The van der Waals surface area contributed by atoms with E-state index >= 15 is 0 Å². The first kappa shape index (κ1) is 11.2. The first-order chi connectivity index (χ1) is 6.70. The van der Waals surface area contributed by atoms with E-state index in [0.717, 1.165) is 0 Å². The number of hydrogen-bond acceptors (Lipinski definition) is 4. The van der Waals surface area contributed by atoms with Gasteiger partial charge in [-0.1, -0.05) is 0 Å². The molecular weight excluding hydrogens is 182 g/mol. The highest BCUT2D eigenvalue weighted by molar-refractivity contribution is 5.01. The third-order valence-electron chi connectivity index (χ3n) is 1.95. The van der Waals surface area contributed by atoms with Crippen molar-refractivity contribution in [2.75, 3.05) is 13.1 Å². The first-order valence-corrected chi connectivity index (χ1v) is 4.80. The van der Waals surface area contributed by atoms with Crippen LogP contribution < -0.4 is 5.32 Å². The van der Waals surface area contributed by atoms with Crippen molar-refractivity contribution in [2.45, 2.75) is 25.6 Å². The summed E-state index contributed by atoms with van der Waals surface area (Å²) < 4.78 is 5.03. The SMILES string of the molecule is CC(O)CCNCC(O)c1ccco1. The first-order valence-electron chi connectivity index (χ1n) is 4.80. The summed E-state index contributed by atoms with van der Waals surface area (Å²) in [7, 11) is 0. The summed E-state index contributed by atoms with van der Waals surface area (Å²) in [5, 5.41) is 21.6. The second kappa shape index (κ2) is 5.80. The zero-order valence-electron chi connectivity index (χ0n) is 8.31. The van der Waals surface area contributed by atoms with Crippen LogP contribution in [0.5, 0.6) is 0 Å². The molecule has 0 bridgehead atoms. The largest absolute Gasteiger partial charge is 0.467 e. The summed E-state index contributed by atoms with van der Waals surface area (Å²) in [4.78, 5) is 0. The second-order valence-corrected chi connectivity index (χ2v) is 3.37. The van der Waals surface area contributed by atoms with E-state index in [2.05, 4.69) is 5.32 Å². The van der Waals surface area contributed by atoms with Gasteiger partial charge in [-0.25, -0.2) is 0 Å². The Hall–Kier alpha value is -0.840. The van der Waals surface area contributed by atoms with Gasteiger partial charge < -0.3 is 19.9 Å². The van der Waals surface area contributed by atoms with Crippen molar-refractivity contribution < 1.29 is 14.6 Å². The van der Waals surface area contributed by atoms with Crippen LogP contribution in [0, 0.1) is 0 Å². The Morgan fingerprint density at radius 2 is 2.29 bits per heavy atom. The van der Waals surface area contributed by atoms with Crippen LogP contribution in [-0.4, -0.2) is 29.4 Å². The van der Waals surface area contributed by atoms with Crippen molar-refractivity contribution in [2.24, 2.45) is 0 Å². The molecule has 0 aliphatic carbocycles. The van der Waals surface area contributed by atoms with Gasteiger partial charge in [-0.15, -0.1) is 0 Å². The van der Waals surface area contributed by atoms with Crippen LogP contribution in [0.2, 0.25) is 0 Å². The maximum Gasteiger partial charge on any atom is 0.133 e.